The van der Waals surface area contributed by atoms with Gasteiger partial charge in [0.1, 0.15) is 11.5 Å². The van der Waals surface area contributed by atoms with Crippen LogP contribution in [0.5, 0.6) is 11.5 Å². The summed E-state index contributed by atoms with van der Waals surface area (Å²) in [4.78, 5) is 43.8. The maximum Gasteiger partial charge on any atom is 0.320 e. The number of nitrogens with zero attached hydrogens (tertiary/aromatic N) is 1. The van der Waals surface area contributed by atoms with E-state index in [4.69, 9.17) is 23.7 Å². The molecular formula is C34H36N2O8S. The van der Waals surface area contributed by atoms with Crippen molar-refractivity contribution in [3.8, 4) is 11.5 Å². The molecule has 2 amide bonds. The molecule has 3 aliphatic heterocycles. The first-order chi connectivity index (χ1) is 21.9. The predicted octanol–water partition coefficient (Wildman–Crippen LogP) is 4.58. The van der Waals surface area contributed by atoms with E-state index in [-0.39, 0.29) is 44.6 Å². The van der Waals surface area contributed by atoms with Crippen LogP contribution in [0.3, 0.4) is 0 Å². The highest BCUT2D eigenvalue weighted by Crippen LogP contribution is 2.51. The van der Waals surface area contributed by atoms with Crippen molar-refractivity contribution in [3.05, 3.63) is 93.8 Å². The van der Waals surface area contributed by atoms with E-state index in [1.54, 1.807) is 28.4 Å². The normalized spacial score (nSPS) is 23.7. The van der Waals surface area contributed by atoms with Crippen LogP contribution in [0.25, 0.3) is 0 Å². The lowest BCUT2D eigenvalue weighted by Crippen LogP contribution is -2.60. The molecule has 3 aromatic rings. The fourth-order valence-corrected chi connectivity index (χ4v) is 6.94. The number of carbonyl (C=O) groups excluding carboxylic acids is 3. The van der Waals surface area contributed by atoms with E-state index in [0.29, 0.717) is 30.3 Å². The molecule has 0 aliphatic carbocycles. The third-order valence-electron chi connectivity index (χ3n) is 8.54. The summed E-state index contributed by atoms with van der Waals surface area (Å²) in [6, 6.07) is 19.2. The molecule has 4 heterocycles. The minimum absolute atomic E-state index is 0.0765. The van der Waals surface area contributed by atoms with E-state index < -0.39 is 29.5 Å². The lowest BCUT2D eigenvalue weighted by Gasteiger charge is -2.51. The highest BCUT2D eigenvalue weighted by molar-refractivity contribution is 7.09. The van der Waals surface area contributed by atoms with Gasteiger partial charge in [-0.25, -0.2) is 0 Å². The number of fused-ring (bicyclic) bond motifs is 2. The van der Waals surface area contributed by atoms with Crippen LogP contribution in [0.4, 0.5) is 0 Å². The summed E-state index contributed by atoms with van der Waals surface area (Å²) in [5, 5.41) is 4.86. The fraction of sp³-hybridized carbons (Fsp3) is 0.382. The van der Waals surface area contributed by atoms with Gasteiger partial charge in [-0.3, -0.25) is 14.4 Å². The van der Waals surface area contributed by atoms with Crippen molar-refractivity contribution in [1.29, 1.82) is 0 Å². The number of likely N-dealkylation sites (tertiary alicyclic amines) is 1. The summed E-state index contributed by atoms with van der Waals surface area (Å²) in [5.74, 6) is -0.603. The summed E-state index contributed by atoms with van der Waals surface area (Å²) < 4.78 is 28.8. The number of benzene rings is 2. The number of amides is 2. The molecule has 6 rings (SSSR count). The average Bonchev–Trinajstić information content (AvgIpc) is 3.75. The van der Waals surface area contributed by atoms with Gasteiger partial charge in [-0.05, 0) is 54.1 Å². The van der Waals surface area contributed by atoms with Gasteiger partial charge in [-0.15, -0.1) is 11.3 Å². The molecule has 1 saturated heterocycles. The van der Waals surface area contributed by atoms with Gasteiger partial charge >= 0.3 is 5.97 Å². The summed E-state index contributed by atoms with van der Waals surface area (Å²) in [6.45, 7) is 3.08. The Morgan fingerprint density at radius 1 is 1.07 bits per heavy atom. The number of methoxy groups -OCH3 is 1. The smallest absolute Gasteiger partial charge is 0.320 e. The molecule has 1 aromatic heterocycles. The van der Waals surface area contributed by atoms with E-state index in [1.165, 1.54) is 7.11 Å². The summed E-state index contributed by atoms with van der Waals surface area (Å²) >= 11 is 1.54. The number of rotatable bonds is 11. The molecule has 45 heavy (non-hydrogen) atoms. The maximum atomic E-state index is 14.3. The molecule has 0 bridgehead atoms. The summed E-state index contributed by atoms with van der Waals surface area (Å²) in [6.07, 6.45) is 0.616. The van der Waals surface area contributed by atoms with Gasteiger partial charge in [0.2, 0.25) is 18.6 Å². The lowest BCUT2D eigenvalue weighted by molar-refractivity contribution is -0.178. The van der Waals surface area contributed by atoms with E-state index in [9.17, 15) is 14.4 Å². The Morgan fingerprint density at radius 3 is 2.67 bits per heavy atom. The SMILES string of the molecule is COC(=O)[C@]12C[C@H](CC(=O)NCc3cccs3)C(=O)N(Cc3ccc4c(c3)OCO4)C1=C[C@H](COCc1ccccc1)O[C@@H]2C. The van der Waals surface area contributed by atoms with Crippen molar-refractivity contribution in [2.75, 3.05) is 20.5 Å². The van der Waals surface area contributed by atoms with Crippen LogP contribution in [-0.2, 0) is 48.3 Å². The number of nitrogens with one attached hydrogen (secondary N) is 1. The third kappa shape index (κ3) is 6.47. The van der Waals surface area contributed by atoms with Crippen molar-refractivity contribution in [2.45, 2.75) is 51.7 Å². The Bertz CT molecular complexity index is 1560. The zero-order chi connectivity index (χ0) is 31.4. The average molecular weight is 633 g/mol. The number of hydrogen-bond acceptors (Lipinski definition) is 9. The minimum atomic E-state index is -1.31. The second-order valence-corrected chi connectivity index (χ2v) is 12.4. The molecule has 0 spiro atoms. The molecule has 0 unspecified atom stereocenters. The second kappa shape index (κ2) is 13.4. The molecule has 4 atom stereocenters. The fourth-order valence-electron chi connectivity index (χ4n) is 6.30. The van der Waals surface area contributed by atoms with Crippen molar-refractivity contribution < 1.29 is 38.1 Å². The second-order valence-electron chi connectivity index (χ2n) is 11.4. The van der Waals surface area contributed by atoms with Gasteiger partial charge in [0.05, 0.1) is 39.5 Å². The molecule has 0 saturated carbocycles. The van der Waals surface area contributed by atoms with Crippen LogP contribution < -0.4 is 14.8 Å². The summed E-state index contributed by atoms with van der Waals surface area (Å²) in [5.41, 5.74) is 0.994. The van der Waals surface area contributed by atoms with Gasteiger partial charge in [0.15, 0.2) is 11.5 Å². The minimum Gasteiger partial charge on any atom is -0.468 e. The van der Waals surface area contributed by atoms with Crippen molar-refractivity contribution in [2.24, 2.45) is 11.3 Å². The number of piperidine rings is 1. The van der Waals surface area contributed by atoms with Gasteiger partial charge in [-0.2, -0.15) is 0 Å². The van der Waals surface area contributed by atoms with Gasteiger partial charge in [0, 0.05) is 22.9 Å². The number of carbonyl (C=O) groups is 3. The monoisotopic (exact) mass is 632 g/mol. The maximum absolute atomic E-state index is 14.3. The molecule has 2 aromatic carbocycles. The standard InChI is InChI=1S/C34H36N2O8S/c1-22-34(33(39)40-2)16-25(14-31(37)35-17-27-9-6-12-45-27)32(38)36(18-24-10-11-28-29(13-24)43-21-42-28)30(34)15-26(44-22)20-41-19-23-7-4-3-5-8-23/h3-13,15,22,25-26H,14,16-21H2,1-2H3,(H,35,37)/t22-,25+,26-,34+/m1/s1. The molecule has 10 nitrogen and oxygen atoms in total. The first kappa shape index (κ1) is 30.8. The first-order valence-corrected chi connectivity index (χ1v) is 15.8. The predicted molar refractivity (Wildman–Crippen MR) is 165 cm³/mol. The number of esters is 1. The number of hydrogen-bond donors (Lipinski definition) is 1. The largest absolute Gasteiger partial charge is 0.468 e. The topological polar surface area (TPSA) is 113 Å². The highest BCUT2D eigenvalue weighted by Gasteiger charge is 2.59. The first-order valence-electron chi connectivity index (χ1n) is 14.9. The molecule has 0 radical (unpaired) electrons. The van der Waals surface area contributed by atoms with Crippen LogP contribution >= 0.6 is 11.3 Å². The molecule has 236 valence electrons. The highest BCUT2D eigenvalue weighted by atomic mass is 32.1. The van der Waals surface area contributed by atoms with Crippen LogP contribution in [0.15, 0.2) is 77.8 Å². The zero-order valence-electron chi connectivity index (χ0n) is 25.2. The van der Waals surface area contributed by atoms with E-state index >= 15 is 0 Å². The Labute approximate surface area is 265 Å². The number of thiophene rings is 1. The lowest BCUT2D eigenvalue weighted by atomic mass is 9.66. The molecular weight excluding hydrogens is 596 g/mol. The van der Waals surface area contributed by atoms with Gasteiger partial charge < -0.3 is 33.9 Å². The van der Waals surface area contributed by atoms with Gasteiger partial charge in [-0.1, -0.05) is 42.5 Å². The summed E-state index contributed by atoms with van der Waals surface area (Å²) in [7, 11) is 1.33. The molecule has 11 heteroatoms. The Hall–Kier alpha value is -4.19. The van der Waals surface area contributed by atoms with Crippen molar-refractivity contribution in [1.82, 2.24) is 10.2 Å². The molecule has 1 N–H and O–H groups in total. The third-order valence-corrected chi connectivity index (χ3v) is 9.42. The zero-order valence-corrected chi connectivity index (χ0v) is 26.0. The van der Waals surface area contributed by atoms with Gasteiger partial charge in [0.25, 0.3) is 0 Å². The van der Waals surface area contributed by atoms with Crippen LogP contribution in [0.1, 0.15) is 35.8 Å². The van der Waals surface area contributed by atoms with Crippen molar-refractivity contribution >= 4 is 29.1 Å². The van der Waals surface area contributed by atoms with E-state index in [1.807, 2.05) is 66.9 Å². The quantitative estimate of drug-likeness (QED) is 0.306. The number of ether oxygens (including phenoxy) is 5. The van der Waals surface area contributed by atoms with Crippen molar-refractivity contribution in [3.63, 3.8) is 0 Å². The Kier molecular flexibility index (Phi) is 9.20. The Morgan fingerprint density at radius 2 is 1.89 bits per heavy atom. The van der Waals surface area contributed by atoms with Crippen LogP contribution in [0, 0.1) is 11.3 Å². The molecule has 1 fully saturated rings. The van der Waals surface area contributed by atoms with Crippen LogP contribution in [-0.4, -0.2) is 55.4 Å². The van der Waals surface area contributed by atoms with Crippen LogP contribution in [0.2, 0.25) is 0 Å². The Balaban J connectivity index is 1.30. The van der Waals surface area contributed by atoms with E-state index in [0.717, 1.165) is 16.0 Å². The van der Waals surface area contributed by atoms with E-state index in [2.05, 4.69) is 5.32 Å². The molecule has 3 aliphatic rings.